The summed E-state index contributed by atoms with van der Waals surface area (Å²) in [5, 5.41) is 9.67. The summed E-state index contributed by atoms with van der Waals surface area (Å²) in [7, 11) is 0. The third kappa shape index (κ3) is 4.11. The number of hydrogen-bond acceptors (Lipinski definition) is 5. The summed E-state index contributed by atoms with van der Waals surface area (Å²) in [5.41, 5.74) is 1.68. The van der Waals surface area contributed by atoms with Crippen molar-refractivity contribution in [3.63, 3.8) is 0 Å². The van der Waals surface area contributed by atoms with Gasteiger partial charge in [-0.25, -0.2) is 0 Å². The van der Waals surface area contributed by atoms with Crippen LogP contribution in [-0.2, 0) is 17.9 Å². The molecule has 1 amide bonds. The molecule has 8 heteroatoms. The van der Waals surface area contributed by atoms with Crippen molar-refractivity contribution in [3.05, 3.63) is 83.2 Å². The van der Waals surface area contributed by atoms with Gasteiger partial charge in [0.2, 0.25) is 11.7 Å². The molecule has 0 unspecified atom stereocenters. The number of benzene rings is 2. The molecule has 0 spiro atoms. The zero-order chi connectivity index (χ0) is 21.8. The van der Waals surface area contributed by atoms with E-state index < -0.39 is 0 Å². The van der Waals surface area contributed by atoms with Crippen LogP contribution in [0.5, 0.6) is 0 Å². The van der Waals surface area contributed by atoms with Crippen molar-refractivity contribution < 1.29 is 4.79 Å². The Morgan fingerprint density at radius 3 is 2.61 bits per heavy atom. The molecular formula is C23H23N5O2S. The predicted molar refractivity (Wildman–Crippen MR) is 123 cm³/mol. The topological polar surface area (TPSA) is 72.5 Å². The molecule has 0 atom stereocenters. The molecule has 2 aromatic heterocycles. The van der Waals surface area contributed by atoms with Gasteiger partial charge in [-0.05, 0) is 24.6 Å². The van der Waals surface area contributed by atoms with Gasteiger partial charge in [0, 0.05) is 19.6 Å². The number of hydrogen-bond donors (Lipinski definition) is 0. The number of fused-ring (bicyclic) bond motifs is 3. The van der Waals surface area contributed by atoms with Gasteiger partial charge in [-0.2, -0.15) is 0 Å². The molecule has 4 rings (SSSR count). The number of para-hydroxylation sites is 1. The van der Waals surface area contributed by atoms with Gasteiger partial charge < -0.3 is 4.90 Å². The van der Waals surface area contributed by atoms with Crippen molar-refractivity contribution in [2.45, 2.75) is 25.2 Å². The minimum atomic E-state index is -0.136. The lowest BCUT2D eigenvalue weighted by atomic mass is 10.2. The van der Waals surface area contributed by atoms with Crippen molar-refractivity contribution >= 4 is 34.3 Å². The van der Waals surface area contributed by atoms with E-state index in [0.29, 0.717) is 36.0 Å². The lowest BCUT2D eigenvalue weighted by Crippen LogP contribution is -2.31. The molecule has 0 bridgehead atoms. The van der Waals surface area contributed by atoms with E-state index in [-0.39, 0.29) is 17.2 Å². The molecule has 0 aliphatic carbocycles. The van der Waals surface area contributed by atoms with Crippen molar-refractivity contribution in [3.8, 4) is 0 Å². The third-order valence-electron chi connectivity index (χ3n) is 5.07. The SMILES string of the molecule is C=CCn1c(=O)c2ccccc2n2c(SCC(=O)N(CC)Cc3ccccc3)nnc12. The first-order chi connectivity index (χ1) is 15.1. The van der Waals surface area contributed by atoms with Gasteiger partial charge in [0.15, 0.2) is 5.16 Å². The molecule has 2 aromatic carbocycles. The highest BCUT2D eigenvalue weighted by atomic mass is 32.2. The highest BCUT2D eigenvalue weighted by molar-refractivity contribution is 7.99. The second-order valence-corrected chi connectivity index (χ2v) is 7.96. The van der Waals surface area contributed by atoms with Crippen LogP contribution in [0.15, 0.2) is 77.2 Å². The Bertz CT molecular complexity index is 1300. The molecule has 0 saturated carbocycles. The lowest BCUT2D eigenvalue weighted by molar-refractivity contribution is -0.128. The third-order valence-corrected chi connectivity index (χ3v) is 5.98. The van der Waals surface area contributed by atoms with Crippen LogP contribution < -0.4 is 5.56 Å². The van der Waals surface area contributed by atoms with Crippen LogP contribution in [-0.4, -0.2) is 42.3 Å². The van der Waals surface area contributed by atoms with E-state index in [1.807, 2.05) is 64.8 Å². The molecule has 4 aromatic rings. The van der Waals surface area contributed by atoms with Crippen molar-refractivity contribution in [1.29, 1.82) is 0 Å². The van der Waals surface area contributed by atoms with Crippen LogP contribution in [0.1, 0.15) is 12.5 Å². The first-order valence-corrected chi connectivity index (χ1v) is 11.0. The Hall–Kier alpha value is -3.39. The van der Waals surface area contributed by atoms with Crippen molar-refractivity contribution in [2.24, 2.45) is 0 Å². The molecule has 0 saturated heterocycles. The summed E-state index contributed by atoms with van der Waals surface area (Å²) in [6.45, 7) is 7.23. The normalized spacial score (nSPS) is 11.1. The fourth-order valence-electron chi connectivity index (χ4n) is 3.52. The molecule has 2 heterocycles. The van der Waals surface area contributed by atoms with E-state index in [1.54, 1.807) is 16.7 Å². The van der Waals surface area contributed by atoms with Crippen LogP contribution >= 0.6 is 11.8 Å². The quantitative estimate of drug-likeness (QED) is 0.315. The summed E-state index contributed by atoms with van der Waals surface area (Å²) in [6.07, 6.45) is 1.66. The molecule has 7 nitrogen and oxygen atoms in total. The van der Waals surface area contributed by atoms with E-state index in [0.717, 1.165) is 11.1 Å². The van der Waals surface area contributed by atoms with Gasteiger partial charge in [-0.15, -0.1) is 16.8 Å². The van der Waals surface area contributed by atoms with Crippen LogP contribution in [0, 0.1) is 0 Å². The average Bonchev–Trinajstić information content (AvgIpc) is 3.23. The maximum Gasteiger partial charge on any atom is 0.263 e. The van der Waals surface area contributed by atoms with Gasteiger partial charge in [-0.3, -0.25) is 18.6 Å². The number of aromatic nitrogens is 4. The number of amides is 1. The van der Waals surface area contributed by atoms with E-state index in [9.17, 15) is 9.59 Å². The molecule has 0 aliphatic heterocycles. The standard InChI is InChI=1S/C23H23N5O2S/c1-3-14-27-21(30)18-12-8-9-13-19(18)28-22(27)24-25-23(28)31-16-20(29)26(4-2)15-17-10-6-5-7-11-17/h3,5-13H,1,4,14-16H2,2H3. The van der Waals surface area contributed by atoms with E-state index in [4.69, 9.17) is 0 Å². The van der Waals surface area contributed by atoms with Crippen LogP contribution in [0.3, 0.4) is 0 Å². The largest absolute Gasteiger partial charge is 0.338 e. The number of nitrogens with zero attached hydrogens (tertiary/aromatic N) is 5. The minimum absolute atomic E-state index is 0.0248. The fraction of sp³-hybridized carbons (Fsp3) is 0.217. The second kappa shape index (κ2) is 9.18. The maximum absolute atomic E-state index is 12.9. The Balaban J connectivity index is 1.64. The van der Waals surface area contributed by atoms with Gasteiger partial charge in [0.1, 0.15) is 0 Å². The van der Waals surface area contributed by atoms with Gasteiger partial charge in [0.05, 0.1) is 16.7 Å². The summed E-state index contributed by atoms with van der Waals surface area (Å²) in [5.74, 6) is 0.697. The van der Waals surface area contributed by atoms with Crippen LogP contribution in [0.4, 0.5) is 0 Å². The molecule has 0 aliphatic rings. The Kier molecular flexibility index (Phi) is 6.18. The van der Waals surface area contributed by atoms with E-state index in [2.05, 4.69) is 16.8 Å². The number of thioether (sulfide) groups is 1. The Morgan fingerprint density at radius 2 is 1.87 bits per heavy atom. The first-order valence-electron chi connectivity index (χ1n) is 10.1. The van der Waals surface area contributed by atoms with Gasteiger partial charge in [-0.1, -0.05) is 60.3 Å². The first kappa shape index (κ1) is 20.9. The number of allylic oxidation sites excluding steroid dienone is 1. The highest BCUT2D eigenvalue weighted by Gasteiger charge is 2.18. The predicted octanol–water partition coefficient (Wildman–Crippen LogP) is 3.37. The molecule has 0 fully saturated rings. The molecule has 31 heavy (non-hydrogen) atoms. The van der Waals surface area contributed by atoms with Crippen LogP contribution in [0.2, 0.25) is 0 Å². The van der Waals surface area contributed by atoms with Crippen molar-refractivity contribution in [1.82, 2.24) is 24.1 Å². The lowest BCUT2D eigenvalue weighted by Gasteiger charge is -2.20. The highest BCUT2D eigenvalue weighted by Crippen LogP contribution is 2.22. The molecular weight excluding hydrogens is 410 g/mol. The smallest absolute Gasteiger partial charge is 0.263 e. The minimum Gasteiger partial charge on any atom is -0.338 e. The second-order valence-electron chi connectivity index (χ2n) is 7.02. The number of carbonyl (C=O) groups is 1. The number of carbonyl (C=O) groups excluding carboxylic acids is 1. The van der Waals surface area contributed by atoms with Crippen LogP contribution in [0.25, 0.3) is 16.7 Å². The Morgan fingerprint density at radius 1 is 1.13 bits per heavy atom. The summed E-state index contributed by atoms with van der Waals surface area (Å²) in [6, 6.07) is 17.3. The molecule has 0 N–H and O–H groups in total. The fourth-order valence-corrected chi connectivity index (χ4v) is 4.36. The van der Waals surface area contributed by atoms with E-state index in [1.165, 1.54) is 11.8 Å². The van der Waals surface area contributed by atoms with E-state index >= 15 is 0 Å². The van der Waals surface area contributed by atoms with Gasteiger partial charge in [0.25, 0.3) is 5.56 Å². The number of rotatable bonds is 8. The summed E-state index contributed by atoms with van der Waals surface area (Å²) in [4.78, 5) is 27.6. The summed E-state index contributed by atoms with van der Waals surface area (Å²) < 4.78 is 3.38. The zero-order valence-corrected chi connectivity index (χ0v) is 18.1. The monoisotopic (exact) mass is 433 g/mol. The molecule has 0 radical (unpaired) electrons. The average molecular weight is 434 g/mol. The maximum atomic E-state index is 12.9. The van der Waals surface area contributed by atoms with Gasteiger partial charge >= 0.3 is 0 Å². The molecule has 158 valence electrons. The summed E-state index contributed by atoms with van der Waals surface area (Å²) >= 11 is 1.32. The Labute approximate surface area is 184 Å². The zero-order valence-electron chi connectivity index (χ0n) is 17.3. The van der Waals surface area contributed by atoms with Crippen molar-refractivity contribution in [2.75, 3.05) is 12.3 Å².